The van der Waals surface area contributed by atoms with Crippen LogP contribution in [0.25, 0.3) is 0 Å². The Morgan fingerprint density at radius 1 is 1.60 bits per heavy atom. The summed E-state index contributed by atoms with van der Waals surface area (Å²) in [5.41, 5.74) is 4.50. The minimum absolute atomic E-state index is 0. The normalized spacial score (nSPS) is 2.40. The second-order valence-corrected chi connectivity index (χ2v) is 0.192. The summed E-state index contributed by atoms with van der Waals surface area (Å²) in [4.78, 5) is 0. The number of hydrogen-bond donors (Lipinski definition) is 2. The van der Waals surface area contributed by atoms with Gasteiger partial charge in [0.05, 0.1) is 0 Å². The van der Waals surface area contributed by atoms with Crippen molar-refractivity contribution in [1.29, 1.82) is 0 Å². The van der Waals surface area contributed by atoms with Crippen LogP contribution in [0, 0.1) is 0 Å². The molecular formula is CH7IN2Pb. The first-order valence-corrected chi connectivity index (χ1v) is 0.667. The quantitative estimate of drug-likeness (QED) is 0.187. The summed E-state index contributed by atoms with van der Waals surface area (Å²) in [5.74, 6) is 0. The van der Waals surface area contributed by atoms with Crippen LogP contribution in [0.5, 0.6) is 0 Å². The van der Waals surface area contributed by atoms with Crippen molar-refractivity contribution in [1.82, 2.24) is 0 Å². The molecule has 0 aromatic rings. The average molecular weight is 381 g/mol. The van der Waals surface area contributed by atoms with E-state index in [0.717, 1.165) is 6.34 Å². The van der Waals surface area contributed by atoms with E-state index in [9.17, 15) is 0 Å². The van der Waals surface area contributed by atoms with Gasteiger partial charge < -0.3 is 24.0 Å². The molecule has 0 saturated heterocycles. The van der Waals surface area contributed by atoms with Crippen LogP contribution in [0.3, 0.4) is 0 Å². The fraction of sp³-hybridized carbons (Fsp3) is 0. The van der Waals surface area contributed by atoms with E-state index in [4.69, 9.17) is 0 Å². The number of rotatable bonds is 0. The molecular weight excluding hydrogens is 374 g/mol. The molecule has 0 unspecified atom stereocenters. The van der Waals surface area contributed by atoms with E-state index < -0.39 is 0 Å². The fourth-order valence-electron chi connectivity index (χ4n) is 0. The minimum atomic E-state index is 0. The van der Waals surface area contributed by atoms with Crippen LogP contribution >= 0.6 is 0 Å². The maximum atomic E-state index is 4.50. The molecule has 2 nitrogen and oxygen atoms in total. The molecule has 0 aliphatic heterocycles. The van der Waals surface area contributed by atoms with Crippen LogP contribution in [0.1, 0.15) is 0 Å². The van der Waals surface area contributed by atoms with Crippen LogP contribution in [0.2, 0.25) is 0 Å². The standard InChI is InChI=1S/CH4N2.HI.Pb.2H/c2-1-3;;;;/h1H,(H3,2,3);1H;;;. The number of halogens is 1. The summed E-state index contributed by atoms with van der Waals surface area (Å²) in [6.45, 7) is 0. The molecule has 0 aliphatic rings. The summed E-state index contributed by atoms with van der Waals surface area (Å²) in [6, 6.07) is 0. The van der Waals surface area contributed by atoms with Gasteiger partial charge in [-0.15, -0.1) is 0 Å². The molecule has 2 radical (unpaired) electrons. The molecule has 5 heavy (non-hydrogen) atoms. The van der Waals surface area contributed by atoms with Crippen molar-refractivity contribution in [2.24, 2.45) is 5.73 Å². The first-order valence-electron chi connectivity index (χ1n) is 0.667. The third-order valence-electron chi connectivity index (χ3n) is 0. The van der Waals surface area contributed by atoms with Crippen LogP contribution in [-0.2, 0) is 0 Å². The van der Waals surface area contributed by atoms with Crippen molar-refractivity contribution in [3.63, 3.8) is 0 Å². The van der Waals surface area contributed by atoms with Crippen molar-refractivity contribution >= 4 is 33.6 Å². The van der Waals surface area contributed by atoms with Gasteiger partial charge in [-0.25, -0.2) is 0 Å². The molecule has 4 N–H and O–H groups in total. The van der Waals surface area contributed by atoms with Gasteiger partial charge in [0, 0.05) is 0 Å². The Balaban J connectivity index is -0.0000000200. The third kappa shape index (κ3) is 39.7. The number of hydrogen-bond acceptors (Lipinski definition) is 0. The monoisotopic (exact) mass is 382 g/mol. The molecule has 0 saturated carbocycles. The predicted octanol–water partition coefficient (Wildman–Crippen LogP) is -6.18. The van der Waals surface area contributed by atoms with E-state index in [2.05, 4.69) is 11.1 Å². The Labute approximate surface area is 68.2 Å². The maximum absolute atomic E-state index is 4.50. The molecule has 0 atom stereocenters. The van der Waals surface area contributed by atoms with Crippen molar-refractivity contribution in [2.45, 2.75) is 0 Å². The SMILES string of the molecule is NC=[NH2+].[I-].[PbH2]. The molecule has 0 bridgehead atoms. The Morgan fingerprint density at radius 2 is 1.60 bits per heavy atom. The van der Waals surface area contributed by atoms with E-state index in [0.29, 0.717) is 0 Å². The topological polar surface area (TPSA) is 51.6 Å². The Bertz CT molecular complexity index is 17.1. The Kier molecular flexibility index (Phi) is 63.7. The molecule has 0 spiro atoms. The molecule has 0 amide bonds. The van der Waals surface area contributed by atoms with Gasteiger partial charge in [0.1, 0.15) is 0 Å². The zero-order valence-corrected chi connectivity index (χ0v) is 10.5. The second kappa shape index (κ2) is 19.3. The van der Waals surface area contributed by atoms with E-state index in [1.165, 1.54) is 0 Å². The summed E-state index contributed by atoms with van der Waals surface area (Å²) < 4.78 is 0. The predicted molar refractivity (Wildman–Crippen MR) is 20.7 cm³/mol. The van der Waals surface area contributed by atoms with Gasteiger partial charge in [-0.3, -0.25) is 11.1 Å². The molecule has 4 heteroatoms. The summed E-state index contributed by atoms with van der Waals surface area (Å²) in [6.07, 6.45) is 1.00. The van der Waals surface area contributed by atoms with Crippen molar-refractivity contribution in [2.75, 3.05) is 0 Å². The van der Waals surface area contributed by atoms with Crippen LogP contribution in [0.15, 0.2) is 0 Å². The van der Waals surface area contributed by atoms with Crippen LogP contribution < -0.4 is 35.1 Å². The third-order valence-corrected chi connectivity index (χ3v) is 0. The van der Waals surface area contributed by atoms with Crippen LogP contribution in [-0.4, -0.2) is 33.6 Å². The van der Waals surface area contributed by atoms with Gasteiger partial charge in [-0.1, -0.05) is 0 Å². The van der Waals surface area contributed by atoms with Gasteiger partial charge >= 0.3 is 27.3 Å². The summed E-state index contributed by atoms with van der Waals surface area (Å²) >= 11 is 0. The Hall–Kier alpha value is 1.12. The van der Waals surface area contributed by atoms with E-state index >= 15 is 0 Å². The zero-order chi connectivity index (χ0) is 2.71. The first kappa shape index (κ1) is 16.5. The second-order valence-electron chi connectivity index (χ2n) is 0.192. The van der Waals surface area contributed by atoms with Gasteiger partial charge in [-0.2, -0.15) is 0 Å². The van der Waals surface area contributed by atoms with Crippen molar-refractivity contribution in [3.05, 3.63) is 0 Å². The zero-order valence-electron chi connectivity index (χ0n) is 2.82. The first-order chi connectivity index (χ1) is 1.41. The summed E-state index contributed by atoms with van der Waals surface area (Å²) in [7, 11) is 0. The molecule has 0 aliphatic carbocycles. The van der Waals surface area contributed by atoms with Gasteiger partial charge in [-0.05, 0) is 0 Å². The fourth-order valence-corrected chi connectivity index (χ4v) is 0. The Morgan fingerprint density at radius 3 is 1.60 bits per heavy atom. The number of nitrogens with two attached hydrogens (primary N) is 2. The van der Waals surface area contributed by atoms with Crippen LogP contribution in [0.4, 0.5) is 0 Å². The van der Waals surface area contributed by atoms with Crippen molar-refractivity contribution in [3.8, 4) is 0 Å². The van der Waals surface area contributed by atoms with E-state index in [1.54, 1.807) is 0 Å². The van der Waals surface area contributed by atoms with E-state index in [1.807, 2.05) is 0 Å². The van der Waals surface area contributed by atoms with Gasteiger partial charge in [0.15, 0.2) is 0 Å². The van der Waals surface area contributed by atoms with Gasteiger partial charge in [0.2, 0.25) is 6.34 Å². The molecule has 0 heterocycles. The molecule has 0 aromatic carbocycles. The van der Waals surface area contributed by atoms with E-state index in [-0.39, 0.29) is 51.3 Å². The molecule has 0 aromatic heterocycles. The molecule has 0 fully saturated rings. The van der Waals surface area contributed by atoms with Gasteiger partial charge in [0.25, 0.3) is 0 Å². The molecule has 0 rings (SSSR count). The summed E-state index contributed by atoms with van der Waals surface area (Å²) in [5, 5.41) is 4.50. The average Bonchev–Trinajstić information content (AvgIpc) is 0.918. The molecule has 32 valence electrons. The van der Waals surface area contributed by atoms with Crippen molar-refractivity contribution < 1.29 is 29.4 Å².